The second kappa shape index (κ2) is 22.8. The van der Waals surface area contributed by atoms with Gasteiger partial charge in [0.2, 0.25) is 11.8 Å². The lowest BCUT2D eigenvalue weighted by molar-refractivity contribution is -0.129. The lowest BCUT2D eigenvalue weighted by Crippen LogP contribution is -2.42. The van der Waals surface area contributed by atoms with E-state index in [0.29, 0.717) is 13.0 Å². The SMILES string of the molecule is CCCCCCCCCCCCN1C(=O)C[C@H](C(=O)NCCN(C)C)[C@H]1CCCCCCCCCCC. The highest BCUT2D eigenvalue weighted by Gasteiger charge is 2.42. The summed E-state index contributed by atoms with van der Waals surface area (Å²) in [7, 11) is 4.04. The third-order valence-corrected chi connectivity index (χ3v) is 8.13. The molecule has 0 unspecified atom stereocenters. The summed E-state index contributed by atoms with van der Waals surface area (Å²) in [5, 5.41) is 3.11. The molecule has 218 valence electrons. The molecular weight excluding hydrogens is 458 g/mol. The molecule has 0 bridgehead atoms. The van der Waals surface area contributed by atoms with Crippen molar-refractivity contribution in [3.05, 3.63) is 0 Å². The van der Waals surface area contributed by atoms with E-state index in [-0.39, 0.29) is 23.8 Å². The molecule has 0 saturated carbocycles. The standard InChI is InChI=1S/C32H63N3O2/c1-5-7-9-11-13-15-17-19-21-23-26-35-30(24-22-20-18-16-14-12-10-8-6-2)29(28-31(35)36)32(37)33-25-27-34(3)4/h29-30H,5-28H2,1-4H3,(H,33,37)/t29-,30+/m0/s1. The molecule has 5 nitrogen and oxygen atoms in total. The van der Waals surface area contributed by atoms with Crippen LogP contribution in [0.5, 0.6) is 0 Å². The average Bonchev–Trinajstić information content (AvgIpc) is 3.19. The monoisotopic (exact) mass is 521 g/mol. The smallest absolute Gasteiger partial charge is 0.225 e. The van der Waals surface area contributed by atoms with Gasteiger partial charge in [-0.3, -0.25) is 9.59 Å². The van der Waals surface area contributed by atoms with Gasteiger partial charge in [-0.05, 0) is 26.9 Å². The molecule has 1 heterocycles. The Bertz CT molecular complexity index is 566. The third kappa shape index (κ3) is 16.5. The van der Waals surface area contributed by atoms with Gasteiger partial charge >= 0.3 is 0 Å². The first-order valence-electron chi connectivity index (χ1n) is 16.2. The van der Waals surface area contributed by atoms with Gasteiger partial charge in [0.15, 0.2) is 0 Å². The zero-order valence-electron chi connectivity index (χ0n) is 25.3. The van der Waals surface area contributed by atoms with Gasteiger partial charge in [-0.1, -0.05) is 129 Å². The first-order valence-corrected chi connectivity index (χ1v) is 16.2. The summed E-state index contributed by atoms with van der Waals surface area (Å²) in [6, 6.07) is 0.0926. The van der Waals surface area contributed by atoms with Gasteiger partial charge in [0.05, 0.1) is 5.92 Å². The number of unbranched alkanes of at least 4 members (excludes halogenated alkanes) is 17. The number of hydrogen-bond acceptors (Lipinski definition) is 3. The van der Waals surface area contributed by atoms with E-state index in [1.54, 1.807) is 0 Å². The number of nitrogens with zero attached hydrogens (tertiary/aromatic N) is 2. The number of rotatable bonds is 25. The first kappa shape index (κ1) is 33.9. The zero-order valence-corrected chi connectivity index (χ0v) is 25.3. The highest BCUT2D eigenvalue weighted by molar-refractivity contribution is 5.90. The molecule has 1 saturated heterocycles. The van der Waals surface area contributed by atoms with Gasteiger partial charge in [-0.15, -0.1) is 0 Å². The lowest BCUT2D eigenvalue weighted by atomic mass is 9.93. The number of likely N-dealkylation sites (tertiary alicyclic amines) is 1. The Balaban J connectivity index is 2.43. The van der Waals surface area contributed by atoms with E-state index in [1.807, 2.05) is 14.1 Å². The topological polar surface area (TPSA) is 52.7 Å². The molecule has 0 aromatic rings. The maximum absolute atomic E-state index is 13.0. The molecule has 1 aliphatic heterocycles. The lowest BCUT2D eigenvalue weighted by Gasteiger charge is -2.28. The molecule has 0 spiro atoms. The van der Waals surface area contributed by atoms with Crippen molar-refractivity contribution in [3.63, 3.8) is 0 Å². The number of carbonyl (C=O) groups is 2. The van der Waals surface area contributed by atoms with Gasteiger partial charge < -0.3 is 15.1 Å². The van der Waals surface area contributed by atoms with Crippen LogP contribution in [-0.4, -0.2) is 61.4 Å². The molecule has 0 aromatic heterocycles. The molecule has 1 fully saturated rings. The van der Waals surface area contributed by atoms with E-state index < -0.39 is 0 Å². The van der Waals surface area contributed by atoms with E-state index in [9.17, 15) is 9.59 Å². The maximum Gasteiger partial charge on any atom is 0.225 e. The van der Waals surface area contributed by atoms with Gasteiger partial charge in [-0.2, -0.15) is 0 Å². The first-order chi connectivity index (χ1) is 18.0. The molecule has 0 aliphatic carbocycles. The van der Waals surface area contributed by atoms with E-state index in [4.69, 9.17) is 0 Å². The fourth-order valence-corrected chi connectivity index (χ4v) is 5.73. The highest BCUT2D eigenvalue weighted by Crippen LogP contribution is 2.30. The van der Waals surface area contributed by atoms with Crippen molar-refractivity contribution in [2.45, 2.75) is 155 Å². The summed E-state index contributed by atoms with van der Waals surface area (Å²) in [5.41, 5.74) is 0. The normalized spacial score (nSPS) is 17.8. The number of amides is 2. The Kier molecular flexibility index (Phi) is 20.9. The largest absolute Gasteiger partial charge is 0.354 e. The number of nitrogens with one attached hydrogen (secondary N) is 1. The molecule has 37 heavy (non-hydrogen) atoms. The van der Waals surface area contributed by atoms with Crippen LogP contribution in [0, 0.1) is 5.92 Å². The van der Waals surface area contributed by atoms with Crippen LogP contribution in [0.2, 0.25) is 0 Å². The van der Waals surface area contributed by atoms with Crippen molar-refractivity contribution >= 4 is 11.8 Å². The maximum atomic E-state index is 13.0. The second-order valence-corrected chi connectivity index (χ2v) is 11.9. The van der Waals surface area contributed by atoms with Gasteiger partial charge in [0.1, 0.15) is 0 Å². The van der Waals surface area contributed by atoms with Crippen LogP contribution in [0.4, 0.5) is 0 Å². The Morgan fingerprint density at radius 3 is 1.70 bits per heavy atom. The van der Waals surface area contributed by atoms with E-state index >= 15 is 0 Å². The van der Waals surface area contributed by atoms with Crippen LogP contribution in [0.25, 0.3) is 0 Å². The van der Waals surface area contributed by atoms with Crippen molar-refractivity contribution in [1.29, 1.82) is 0 Å². The predicted molar refractivity (Wildman–Crippen MR) is 159 cm³/mol. The van der Waals surface area contributed by atoms with Crippen molar-refractivity contribution < 1.29 is 9.59 Å². The Hall–Kier alpha value is -1.10. The van der Waals surface area contributed by atoms with Crippen LogP contribution in [0.1, 0.15) is 149 Å². The van der Waals surface area contributed by atoms with Crippen molar-refractivity contribution in [3.8, 4) is 0 Å². The minimum absolute atomic E-state index is 0.0849. The molecule has 1 aliphatic rings. The minimum Gasteiger partial charge on any atom is -0.354 e. The fraction of sp³-hybridized carbons (Fsp3) is 0.938. The van der Waals surface area contributed by atoms with Crippen LogP contribution in [0.3, 0.4) is 0 Å². The van der Waals surface area contributed by atoms with Crippen LogP contribution in [0.15, 0.2) is 0 Å². The van der Waals surface area contributed by atoms with Crippen LogP contribution < -0.4 is 5.32 Å². The third-order valence-electron chi connectivity index (χ3n) is 8.13. The number of hydrogen-bond donors (Lipinski definition) is 1. The molecule has 1 N–H and O–H groups in total. The molecule has 2 amide bonds. The number of likely N-dealkylation sites (N-methyl/N-ethyl adjacent to an activating group) is 1. The molecule has 2 atom stereocenters. The molecule has 0 radical (unpaired) electrons. The summed E-state index contributed by atoms with van der Waals surface area (Å²) in [5.74, 6) is 0.109. The highest BCUT2D eigenvalue weighted by atomic mass is 16.2. The Labute approximate surface area is 230 Å². The molecule has 1 rings (SSSR count). The summed E-state index contributed by atoms with van der Waals surface area (Å²) in [6.45, 7) is 6.85. The van der Waals surface area contributed by atoms with E-state index in [0.717, 1.165) is 32.4 Å². The van der Waals surface area contributed by atoms with Crippen LogP contribution >= 0.6 is 0 Å². The fourth-order valence-electron chi connectivity index (χ4n) is 5.73. The van der Waals surface area contributed by atoms with Crippen LogP contribution in [-0.2, 0) is 9.59 Å². The van der Waals surface area contributed by atoms with Gasteiger partial charge in [0, 0.05) is 32.1 Å². The second-order valence-electron chi connectivity index (χ2n) is 11.9. The predicted octanol–water partition coefficient (Wildman–Crippen LogP) is 7.72. The molecule has 0 aromatic carbocycles. The summed E-state index contributed by atoms with van der Waals surface area (Å²) < 4.78 is 0. The van der Waals surface area contributed by atoms with Crippen molar-refractivity contribution in [2.24, 2.45) is 5.92 Å². The van der Waals surface area contributed by atoms with Gasteiger partial charge in [0.25, 0.3) is 0 Å². The molecule has 5 heteroatoms. The van der Waals surface area contributed by atoms with E-state index in [1.165, 1.54) is 109 Å². The van der Waals surface area contributed by atoms with Crippen molar-refractivity contribution in [1.82, 2.24) is 15.1 Å². The quantitative estimate of drug-likeness (QED) is 0.125. The number of carbonyl (C=O) groups excluding carboxylic acids is 2. The Morgan fingerprint density at radius 2 is 1.22 bits per heavy atom. The van der Waals surface area contributed by atoms with Gasteiger partial charge in [-0.25, -0.2) is 0 Å². The average molecular weight is 522 g/mol. The van der Waals surface area contributed by atoms with E-state index in [2.05, 4.69) is 29.0 Å². The summed E-state index contributed by atoms with van der Waals surface area (Å²) in [4.78, 5) is 30.2. The zero-order chi connectivity index (χ0) is 27.1. The molecular formula is C32H63N3O2. The van der Waals surface area contributed by atoms with Crippen molar-refractivity contribution in [2.75, 3.05) is 33.7 Å². The summed E-state index contributed by atoms with van der Waals surface area (Å²) >= 11 is 0. The Morgan fingerprint density at radius 1 is 0.757 bits per heavy atom. The summed E-state index contributed by atoms with van der Waals surface area (Å²) in [6.07, 6.45) is 26.1. The minimum atomic E-state index is -0.174.